The summed E-state index contributed by atoms with van der Waals surface area (Å²) in [5.74, 6) is 0.268. The summed E-state index contributed by atoms with van der Waals surface area (Å²) in [6, 6.07) is 3.10. The lowest BCUT2D eigenvalue weighted by atomic mass is 10.1. The third-order valence-corrected chi connectivity index (χ3v) is 3.43. The molecule has 2 rings (SSSR count). The average Bonchev–Trinajstić information content (AvgIpc) is 2.94. The second kappa shape index (κ2) is 7.24. The van der Waals surface area contributed by atoms with Crippen molar-refractivity contribution in [3.05, 3.63) is 23.9 Å². The van der Waals surface area contributed by atoms with Gasteiger partial charge in [0.25, 0.3) is 0 Å². The van der Waals surface area contributed by atoms with Crippen molar-refractivity contribution >= 4 is 5.97 Å². The number of nitrogens with zero attached hydrogens (tertiary/aromatic N) is 1. The molecule has 1 aromatic rings. The molecule has 1 aliphatic carbocycles. The Kier molecular flexibility index (Phi) is 5.35. The van der Waals surface area contributed by atoms with Gasteiger partial charge in [0.1, 0.15) is 12.1 Å². The molecular formula is C15H22N2O3. The summed E-state index contributed by atoms with van der Waals surface area (Å²) in [6.45, 7) is 2.11. The molecule has 1 aliphatic rings. The van der Waals surface area contributed by atoms with Crippen molar-refractivity contribution in [1.29, 1.82) is 0 Å². The zero-order valence-corrected chi connectivity index (χ0v) is 11.9. The number of ether oxygens (including phenoxy) is 2. The normalized spacial score (nSPS) is 16.9. The molecule has 2 N–H and O–H groups in total. The first kappa shape index (κ1) is 14.8. The van der Waals surface area contributed by atoms with E-state index in [1.54, 1.807) is 13.1 Å². The molecule has 0 bridgehead atoms. The number of carbonyl (C=O) groups excluding carboxylic acids is 1. The number of esters is 1. The van der Waals surface area contributed by atoms with Crippen LogP contribution < -0.4 is 10.5 Å². The van der Waals surface area contributed by atoms with Crippen LogP contribution >= 0.6 is 0 Å². The van der Waals surface area contributed by atoms with Crippen LogP contribution in [0.15, 0.2) is 18.3 Å². The predicted molar refractivity (Wildman–Crippen MR) is 75.4 cm³/mol. The molecule has 110 valence electrons. The summed E-state index contributed by atoms with van der Waals surface area (Å²) in [7, 11) is 0. The van der Waals surface area contributed by atoms with E-state index >= 15 is 0 Å². The van der Waals surface area contributed by atoms with Gasteiger partial charge < -0.3 is 15.2 Å². The minimum atomic E-state index is -0.640. The highest BCUT2D eigenvalue weighted by Crippen LogP contribution is 2.22. The third-order valence-electron chi connectivity index (χ3n) is 3.43. The molecule has 0 saturated heterocycles. The topological polar surface area (TPSA) is 74.4 Å². The maximum Gasteiger partial charge on any atom is 0.323 e. The van der Waals surface area contributed by atoms with Gasteiger partial charge in [-0.25, -0.2) is 4.98 Å². The standard InChI is InChI=1S/C15H22N2O3/c1-2-19-15(18)13(16)9-11-7-8-14(17-10-11)20-12-5-3-4-6-12/h7-8,10,12-13H,2-6,9,16H2,1H3. The number of carbonyl (C=O) groups is 1. The van der Waals surface area contributed by atoms with Gasteiger partial charge in [0.05, 0.1) is 6.61 Å². The van der Waals surface area contributed by atoms with Gasteiger partial charge in [0, 0.05) is 12.3 Å². The van der Waals surface area contributed by atoms with Gasteiger partial charge >= 0.3 is 5.97 Å². The lowest BCUT2D eigenvalue weighted by Gasteiger charge is -2.13. The smallest absolute Gasteiger partial charge is 0.323 e. The lowest BCUT2D eigenvalue weighted by Crippen LogP contribution is -2.34. The minimum absolute atomic E-state index is 0.301. The van der Waals surface area contributed by atoms with E-state index in [1.165, 1.54) is 12.8 Å². The van der Waals surface area contributed by atoms with E-state index in [4.69, 9.17) is 15.2 Å². The van der Waals surface area contributed by atoms with Crippen molar-refractivity contribution in [3.63, 3.8) is 0 Å². The molecule has 1 atom stereocenters. The van der Waals surface area contributed by atoms with E-state index in [0.29, 0.717) is 25.0 Å². The highest BCUT2D eigenvalue weighted by Gasteiger charge is 2.18. The SMILES string of the molecule is CCOC(=O)C(N)Cc1ccc(OC2CCCC2)nc1. The quantitative estimate of drug-likeness (QED) is 0.804. The number of aromatic nitrogens is 1. The second-order valence-electron chi connectivity index (χ2n) is 5.09. The molecule has 1 fully saturated rings. The van der Waals surface area contributed by atoms with Crippen molar-refractivity contribution < 1.29 is 14.3 Å². The van der Waals surface area contributed by atoms with Gasteiger partial charge in [-0.05, 0) is 44.6 Å². The summed E-state index contributed by atoms with van der Waals surface area (Å²) in [5.41, 5.74) is 6.68. The highest BCUT2D eigenvalue weighted by molar-refractivity contribution is 5.75. The molecule has 0 radical (unpaired) electrons. The maximum absolute atomic E-state index is 11.5. The fourth-order valence-corrected chi connectivity index (χ4v) is 2.36. The molecule has 1 heterocycles. The maximum atomic E-state index is 11.5. The summed E-state index contributed by atoms with van der Waals surface area (Å²) in [4.78, 5) is 15.7. The lowest BCUT2D eigenvalue weighted by molar-refractivity contribution is -0.144. The van der Waals surface area contributed by atoms with Crippen LogP contribution in [0.2, 0.25) is 0 Å². The average molecular weight is 278 g/mol. The van der Waals surface area contributed by atoms with Crippen LogP contribution in [-0.4, -0.2) is 29.7 Å². The molecule has 1 aromatic heterocycles. The molecule has 5 nitrogen and oxygen atoms in total. The Labute approximate surface area is 119 Å². The van der Waals surface area contributed by atoms with Crippen molar-refractivity contribution in [2.45, 2.75) is 51.2 Å². The Hall–Kier alpha value is -1.62. The van der Waals surface area contributed by atoms with Crippen molar-refractivity contribution in [3.8, 4) is 5.88 Å². The largest absolute Gasteiger partial charge is 0.474 e. The molecule has 20 heavy (non-hydrogen) atoms. The number of rotatable bonds is 6. The van der Waals surface area contributed by atoms with Crippen LogP contribution in [0.5, 0.6) is 5.88 Å². The first-order valence-electron chi connectivity index (χ1n) is 7.23. The van der Waals surface area contributed by atoms with Crippen molar-refractivity contribution in [2.24, 2.45) is 5.73 Å². The molecule has 1 unspecified atom stereocenters. The first-order chi connectivity index (χ1) is 9.69. The van der Waals surface area contributed by atoms with Crippen molar-refractivity contribution in [1.82, 2.24) is 4.98 Å². The Bertz CT molecular complexity index is 427. The van der Waals surface area contributed by atoms with Gasteiger partial charge in [0.15, 0.2) is 0 Å². The minimum Gasteiger partial charge on any atom is -0.474 e. The van der Waals surface area contributed by atoms with Crippen LogP contribution in [0.3, 0.4) is 0 Å². The summed E-state index contributed by atoms with van der Waals surface area (Å²) >= 11 is 0. The Morgan fingerprint density at radius 3 is 2.80 bits per heavy atom. The Morgan fingerprint density at radius 1 is 1.45 bits per heavy atom. The highest BCUT2D eigenvalue weighted by atomic mass is 16.5. The van der Waals surface area contributed by atoms with Gasteiger partial charge in [-0.3, -0.25) is 4.79 Å². The van der Waals surface area contributed by atoms with E-state index in [0.717, 1.165) is 18.4 Å². The molecular weight excluding hydrogens is 256 g/mol. The molecule has 0 amide bonds. The summed E-state index contributed by atoms with van der Waals surface area (Å²) in [5, 5.41) is 0. The monoisotopic (exact) mass is 278 g/mol. The van der Waals surface area contributed by atoms with Crippen molar-refractivity contribution in [2.75, 3.05) is 6.61 Å². The van der Waals surface area contributed by atoms with E-state index in [1.807, 2.05) is 12.1 Å². The zero-order valence-electron chi connectivity index (χ0n) is 11.9. The molecule has 1 saturated carbocycles. The van der Waals surface area contributed by atoms with E-state index < -0.39 is 6.04 Å². The van der Waals surface area contributed by atoms with Gasteiger partial charge in [-0.2, -0.15) is 0 Å². The van der Waals surface area contributed by atoms with Crippen LogP contribution in [-0.2, 0) is 16.0 Å². The van der Waals surface area contributed by atoms with E-state index in [9.17, 15) is 4.79 Å². The number of hydrogen-bond acceptors (Lipinski definition) is 5. The summed E-state index contributed by atoms with van der Waals surface area (Å²) in [6.07, 6.45) is 7.12. The second-order valence-corrected chi connectivity index (χ2v) is 5.09. The fraction of sp³-hybridized carbons (Fsp3) is 0.600. The third kappa shape index (κ3) is 4.20. The fourth-order valence-electron chi connectivity index (χ4n) is 2.36. The van der Waals surface area contributed by atoms with Crippen LogP contribution in [0.25, 0.3) is 0 Å². The number of hydrogen-bond donors (Lipinski definition) is 1. The van der Waals surface area contributed by atoms with Crippen LogP contribution in [0.1, 0.15) is 38.2 Å². The Balaban J connectivity index is 1.85. The van der Waals surface area contributed by atoms with Gasteiger partial charge in [-0.1, -0.05) is 6.07 Å². The van der Waals surface area contributed by atoms with Gasteiger partial charge in [0.2, 0.25) is 5.88 Å². The Morgan fingerprint density at radius 2 is 2.20 bits per heavy atom. The number of pyridine rings is 1. The molecule has 5 heteroatoms. The van der Waals surface area contributed by atoms with Crippen LogP contribution in [0, 0.1) is 0 Å². The summed E-state index contributed by atoms with van der Waals surface area (Å²) < 4.78 is 10.7. The van der Waals surface area contributed by atoms with E-state index in [2.05, 4.69) is 4.98 Å². The zero-order chi connectivity index (χ0) is 14.4. The molecule has 0 spiro atoms. The van der Waals surface area contributed by atoms with Crippen LogP contribution in [0.4, 0.5) is 0 Å². The molecule has 0 aromatic carbocycles. The number of nitrogens with two attached hydrogens (primary N) is 1. The van der Waals surface area contributed by atoms with E-state index in [-0.39, 0.29) is 5.97 Å². The molecule has 0 aliphatic heterocycles. The van der Waals surface area contributed by atoms with Gasteiger partial charge in [-0.15, -0.1) is 0 Å². The predicted octanol–water partition coefficient (Wildman–Crippen LogP) is 1.84. The first-order valence-corrected chi connectivity index (χ1v) is 7.23.